The van der Waals surface area contributed by atoms with E-state index in [0.29, 0.717) is 0 Å². The molecule has 0 aliphatic carbocycles. The van der Waals surface area contributed by atoms with Crippen molar-refractivity contribution in [3.8, 4) is 0 Å². The largest absolute Gasteiger partial charge is 0.325 e. The number of carbonyl (C=O) groups is 1. The molecule has 0 atom stereocenters. The summed E-state index contributed by atoms with van der Waals surface area (Å²) in [5.41, 5.74) is 3.20. The number of carbonyl (C=O) groups excluding carboxylic acids is 1. The molecule has 1 fully saturated rings. The molecule has 1 aromatic carbocycles. The highest BCUT2D eigenvalue weighted by molar-refractivity contribution is 5.91. The minimum Gasteiger partial charge on any atom is -0.325 e. The van der Waals surface area contributed by atoms with Gasteiger partial charge in [-0.1, -0.05) is 18.2 Å². The Bertz CT molecular complexity index is 388. The Morgan fingerprint density at radius 3 is 2.29 bits per heavy atom. The number of rotatable bonds is 1. The van der Waals surface area contributed by atoms with Crippen LogP contribution in [0.25, 0.3) is 0 Å². The number of hydrogen-bond acceptors (Lipinski definition) is 1. The zero-order chi connectivity index (χ0) is 12.3. The highest BCUT2D eigenvalue weighted by Crippen LogP contribution is 2.20. The van der Waals surface area contributed by atoms with Crippen LogP contribution < -0.4 is 5.32 Å². The molecule has 3 heteroatoms. The maximum Gasteiger partial charge on any atom is 0.321 e. The van der Waals surface area contributed by atoms with Crippen molar-refractivity contribution < 1.29 is 4.79 Å². The number of benzene rings is 1. The molecule has 0 saturated carbocycles. The average Bonchev–Trinajstić information content (AvgIpc) is 2.35. The minimum atomic E-state index is 0.0436. The van der Waals surface area contributed by atoms with Crippen molar-refractivity contribution in [2.24, 2.45) is 0 Å². The van der Waals surface area contributed by atoms with Crippen LogP contribution in [0.1, 0.15) is 30.4 Å². The fourth-order valence-corrected chi connectivity index (χ4v) is 2.29. The molecule has 0 bridgehead atoms. The van der Waals surface area contributed by atoms with Crippen LogP contribution in [0.3, 0.4) is 0 Å². The molecule has 1 heterocycles. The first kappa shape index (κ1) is 12.0. The van der Waals surface area contributed by atoms with Gasteiger partial charge in [-0.15, -0.1) is 0 Å². The van der Waals surface area contributed by atoms with Crippen molar-refractivity contribution in [1.29, 1.82) is 0 Å². The Morgan fingerprint density at radius 1 is 1.12 bits per heavy atom. The highest BCUT2D eigenvalue weighted by atomic mass is 16.2. The number of nitrogens with zero attached hydrogens (tertiary/aromatic N) is 1. The van der Waals surface area contributed by atoms with Gasteiger partial charge in [0.25, 0.3) is 0 Å². The fraction of sp³-hybridized carbons (Fsp3) is 0.500. The van der Waals surface area contributed by atoms with Crippen LogP contribution in [0.4, 0.5) is 10.5 Å². The normalized spacial score (nSPS) is 15.8. The van der Waals surface area contributed by atoms with Gasteiger partial charge in [-0.25, -0.2) is 4.79 Å². The Morgan fingerprint density at radius 2 is 1.71 bits per heavy atom. The van der Waals surface area contributed by atoms with Gasteiger partial charge in [0.15, 0.2) is 0 Å². The van der Waals surface area contributed by atoms with Crippen molar-refractivity contribution in [2.75, 3.05) is 18.4 Å². The summed E-state index contributed by atoms with van der Waals surface area (Å²) in [7, 11) is 0. The summed E-state index contributed by atoms with van der Waals surface area (Å²) in [5, 5.41) is 3.04. The van der Waals surface area contributed by atoms with E-state index in [-0.39, 0.29) is 6.03 Å². The second kappa shape index (κ2) is 5.21. The highest BCUT2D eigenvalue weighted by Gasteiger charge is 2.17. The third kappa shape index (κ3) is 2.78. The monoisotopic (exact) mass is 232 g/mol. The molecule has 1 aliphatic rings. The van der Waals surface area contributed by atoms with Crippen LogP contribution >= 0.6 is 0 Å². The molecule has 0 aromatic heterocycles. The summed E-state index contributed by atoms with van der Waals surface area (Å²) < 4.78 is 0. The summed E-state index contributed by atoms with van der Waals surface area (Å²) >= 11 is 0. The van der Waals surface area contributed by atoms with Crippen LogP contribution in [-0.4, -0.2) is 24.0 Å². The van der Waals surface area contributed by atoms with Crippen molar-refractivity contribution >= 4 is 11.7 Å². The van der Waals surface area contributed by atoms with Crippen molar-refractivity contribution in [1.82, 2.24) is 4.90 Å². The number of nitrogens with one attached hydrogen (secondary N) is 1. The van der Waals surface area contributed by atoms with Gasteiger partial charge < -0.3 is 10.2 Å². The lowest BCUT2D eigenvalue weighted by Crippen LogP contribution is -2.38. The van der Waals surface area contributed by atoms with E-state index in [9.17, 15) is 4.79 Å². The average molecular weight is 232 g/mol. The SMILES string of the molecule is Cc1cccc(C)c1NC(=O)N1CCCCC1. The Balaban J connectivity index is 2.07. The van der Waals surface area contributed by atoms with Crippen LogP contribution in [-0.2, 0) is 0 Å². The van der Waals surface area contributed by atoms with E-state index in [1.54, 1.807) is 0 Å². The smallest absolute Gasteiger partial charge is 0.321 e. The van der Waals surface area contributed by atoms with E-state index in [0.717, 1.165) is 42.7 Å². The van der Waals surface area contributed by atoms with Crippen LogP contribution in [0.2, 0.25) is 0 Å². The van der Waals surface area contributed by atoms with Crippen LogP contribution in [0.5, 0.6) is 0 Å². The Hall–Kier alpha value is -1.51. The standard InChI is InChI=1S/C14H20N2O/c1-11-7-6-8-12(2)13(11)15-14(17)16-9-4-3-5-10-16/h6-8H,3-5,9-10H2,1-2H3,(H,15,17). The minimum absolute atomic E-state index is 0.0436. The molecule has 3 nitrogen and oxygen atoms in total. The Labute approximate surface area is 103 Å². The van der Waals surface area contributed by atoms with Crippen LogP contribution in [0.15, 0.2) is 18.2 Å². The van der Waals surface area contributed by atoms with Gasteiger partial charge >= 0.3 is 6.03 Å². The van der Waals surface area contributed by atoms with Crippen molar-refractivity contribution in [2.45, 2.75) is 33.1 Å². The number of urea groups is 1. The number of piperidine rings is 1. The van der Waals surface area contributed by atoms with Crippen LogP contribution in [0, 0.1) is 13.8 Å². The first-order valence-electron chi connectivity index (χ1n) is 6.30. The number of aryl methyl sites for hydroxylation is 2. The summed E-state index contributed by atoms with van der Waals surface area (Å²) in [4.78, 5) is 14.0. The third-order valence-electron chi connectivity index (χ3n) is 3.36. The number of hydrogen-bond donors (Lipinski definition) is 1. The van der Waals surface area contributed by atoms with E-state index < -0.39 is 0 Å². The van der Waals surface area contributed by atoms with Gasteiger partial charge in [0.2, 0.25) is 0 Å². The summed E-state index contributed by atoms with van der Waals surface area (Å²) in [6.07, 6.45) is 3.49. The molecule has 2 rings (SSSR count). The summed E-state index contributed by atoms with van der Waals surface area (Å²) in [5.74, 6) is 0. The predicted molar refractivity (Wildman–Crippen MR) is 70.4 cm³/mol. The lowest BCUT2D eigenvalue weighted by molar-refractivity contribution is 0.200. The Kier molecular flexibility index (Phi) is 3.67. The molecule has 0 radical (unpaired) electrons. The maximum atomic E-state index is 12.1. The zero-order valence-corrected chi connectivity index (χ0v) is 10.6. The van der Waals surface area contributed by atoms with Crippen molar-refractivity contribution in [3.05, 3.63) is 29.3 Å². The molecule has 1 aliphatic heterocycles. The van der Waals surface area contributed by atoms with E-state index in [1.807, 2.05) is 36.9 Å². The van der Waals surface area contributed by atoms with E-state index in [4.69, 9.17) is 0 Å². The summed E-state index contributed by atoms with van der Waals surface area (Å²) in [6.45, 7) is 5.82. The molecule has 2 amide bonds. The zero-order valence-electron chi connectivity index (χ0n) is 10.6. The predicted octanol–water partition coefficient (Wildman–Crippen LogP) is 3.32. The van der Waals surface area contributed by atoms with Gasteiger partial charge in [-0.3, -0.25) is 0 Å². The van der Waals surface area contributed by atoms with Gasteiger partial charge in [-0.2, -0.15) is 0 Å². The first-order chi connectivity index (χ1) is 8.18. The molecular formula is C14H20N2O. The van der Waals surface area contributed by atoms with Gasteiger partial charge in [-0.05, 0) is 44.2 Å². The second-order valence-electron chi connectivity index (χ2n) is 4.74. The van der Waals surface area contributed by atoms with E-state index in [1.165, 1.54) is 6.42 Å². The molecule has 1 aromatic rings. The van der Waals surface area contributed by atoms with E-state index >= 15 is 0 Å². The van der Waals surface area contributed by atoms with Crippen molar-refractivity contribution in [3.63, 3.8) is 0 Å². The molecule has 1 saturated heterocycles. The van der Waals surface area contributed by atoms with Gasteiger partial charge in [0.05, 0.1) is 0 Å². The topological polar surface area (TPSA) is 32.3 Å². The quantitative estimate of drug-likeness (QED) is 0.791. The van der Waals surface area contributed by atoms with Gasteiger partial charge in [0, 0.05) is 18.8 Å². The lowest BCUT2D eigenvalue weighted by Gasteiger charge is -2.27. The molecule has 0 spiro atoms. The number of para-hydroxylation sites is 1. The maximum absolute atomic E-state index is 12.1. The number of anilines is 1. The fourth-order valence-electron chi connectivity index (χ4n) is 2.29. The number of amides is 2. The molecule has 1 N–H and O–H groups in total. The van der Waals surface area contributed by atoms with Gasteiger partial charge in [0.1, 0.15) is 0 Å². The number of likely N-dealkylation sites (tertiary alicyclic amines) is 1. The van der Waals surface area contributed by atoms with E-state index in [2.05, 4.69) is 5.32 Å². The first-order valence-corrected chi connectivity index (χ1v) is 6.30. The molecular weight excluding hydrogens is 212 g/mol. The molecule has 0 unspecified atom stereocenters. The molecule has 17 heavy (non-hydrogen) atoms. The summed E-state index contributed by atoms with van der Waals surface area (Å²) in [6, 6.07) is 6.11. The second-order valence-corrected chi connectivity index (χ2v) is 4.74. The molecule has 92 valence electrons. The lowest BCUT2D eigenvalue weighted by atomic mass is 10.1. The third-order valence-corrected chi connectivity index (χ3v) is 3.36.